The molecule has 0 radical (unpaired) electrons. The summed E-state index contributed by atoms with van der Waals surface area (Å²) in [4.78, 5) is 26.7. The summed E-state index contributed by atoms with van der Waals surface area (Å²) in [6.45, 7) is 0.721. The summed E-state index contributed by atoms with van der Waals surface area (Å²) >= 11 is 0. The van der Waals surface area contributed by atoms with Crippen molar-refractivity contribution in [3.63, 3.8) is 0 Å². The van der Waals surface area contributed by atoms with Crippen LogP contribution in [0.15, 0.2) is 53.3 Å². The number of hydrogen-bond donors (Lipinski definition) is 3. The van der Waals surface area contributed by atoms with Crippen LogP contribution in [0.1, 0.15) is 19.3 Å². The van der Waals surface area contributed by atoms with Crippen LogP contribution in [0.25, 0.3) is 32.7 Å². The normalized spacial score (nSPS) is 11.4. The van der Waals surface area contributed by atoms with Gasteiger partial charge in [0.1, 0.15) is 0 Å². The third-order valence-corrected chi connectivity index (χ3v) is 4.80. The Kier molecular flexibility index (Phi) is 4.18. The van der Waals surface area contributed by atoms with Crippen molar-refractivity contribution in [2.75, 3.05) is 0 Å². The number of aryl methyl sites for hydroxylation is 1. The molecule has 0 saturated heterocycles. The number of nitrogens with one attached hydrogen (secondary N) is 2. The average molecular weight is 349 g/mol. The number of H-pyrrole nitrogens is 1. The van der Waals surface area contributed by atoms with Gasteiger partial charge in [0, 0.05) is 29.1 Å². The summed E-state index contributed by atoms with van der Waals surface area (Å²) < 4.78 is 2.21. The largest absolute Gasteiger partial charge is 0.339 e. The van der Waals surface area contributed by atoms with E-state index in [-0.39, 0.29) is 17.9 Å². The number of carbonyl (C=O) groups excluding carboxylic acids is 1. The summed E-state index contributed by atoms with van der Waals surface area (Å²) in [5.41, 5.74) is 4.48. The van der Waals surface area contributed by atoms with E-state index < -0.39 is 0 Å². The summed E-state index contributed by atoms with van der Waals surface area (Å²) in [5.74, 6) is -0.373. The zero-order valence-electron chi connectivity index (χ0n) is 14.2. The molecule has 6 heteroatoms. The Morgan fingerprint density at radius 1 is 1.00 bits per heavy atom. The smallest absolute Gasteiger partial charge is 0.256 e. The van der Waals surface area contributed by atoms with E-state index in [9.17, 15) is 9.59 Å². The molecule has 3 N–H and O–H groups in total. The lowest BCUT2D eigenvalue weighted by atomic mass is 10.1. The lowest BCUT2D eigenvalue weighted by Crippen LogP contribution is -2.18. The van der Waals surface area contributed by atoms with Gasteiger partial charge in [0.15, 0.2) is 0 Å². The van der Waals surface area contributed by atoms with Crippen molar-refractivity contribution in [1.29, 1.82) is 0 Å². The molecule has 0 aliphatic rings. The Balaban J connectivity index is 1.87. The van der Waals surface area contributed by atoms with Gasteiger partial charge in [-0.25, -0.2) is 5.48 Å². The molecule has 0 saturated carbocycles. The first-order valence-corrected chi connectivity index (χ1v) is 8.65. The second kappa shape index (κ2) is 6.65. The van der Waals surface area contributed by atoms with Gasteiger partial charge in [0.25, 0.3) is 5.56 Å². The predicted octanol–water partition coefficient (Wildman–Crippen LogP) is 3.31. The van der Waals surface area contributed by atoms with E-state index in [1.807, 2.05) is 48.5 Å². The van der Waals surface area contributed by atoms with E-state index in [0.717, 1.165) is 40.3 Å². The molecule has 0 atom stereocenters. The molecule has 26 heavy (non-hydrogen) atoms. The van der Waals surface area contributed by atoms with Gasteiger partial charge < -0.3 is 9.55 Å². The molecule has 0 bridgehead atoms. The Labute approximate surface area is 149 Å². The molecule has 6 nitrogen and oxygen atoms in total. The number of aromatic nitrogens is 2. The van der Waals surface area contributed by atoms with Crippen LogP contribution in [-0.2, 0) is 11.3 Å². The number of hydroxylamine groups is 1. The molecule has 4 aromatic rings. The predicted molar refractivity (Wildman–Crippen MR) is 101 cm³/mol. The highest BCUT2D eigenvalue weighted by Crippen LogP contribution is 2.31. The third kappa shape index (κ3) is 2.64. The molecule has 0 unspecified atom stereocenters. The van der Waals surface area contributed by atoms with Crippen molar-refractivity contribution in [2.24, 2.45) is 0 Å². The first-order valence-electron chi connectivity index (χ1n) is 8.65. The fraction of sp³-hybridized carbons (Fsp3) is 0.200. The number of carbonyl (C=O) groups is 1. The maximum atomic E-state index is 12.5. The van der Waals surface area contributed by atoms with Gasteiger partial charge in [-0.15, -0.1) is 0 Å². The zero-order chi connectivity index (χ0) is 18.1. The third-order valence-electron chi connectivity index (χ3n) is 4.80. The molecule has 0 fully saturated rings. The van der Waals surface area contributed by atoms with Crippen LogP contribution in [0.3, 0.4) is 0 Å². The Morgan fingerprint density at radius 2 is 1.69 bits per heavy atom. The minimum Gasteiger partial charge on any atom is -0.339 e. The van der Waals surface area contributed by atoms with Crippen LogP contribution in [0.5, 0.6) is 0 Å². The highest BCUT2D eigenvalue weighted by molar-refractivity contribution is 6.15. The lowest BCUT2D eigenvalue weighted by Gasteiger charge is -2.09. The maximum absolute atomic E-state index is 12.5. The van der Waals surface area contributed by atoms with Crippen LogP contribution in [0, 0.1) is 0 Å². The fourth-order valence-corrected chi connectivity index (χ4v) is 3.62. The van der Waals surface area contributed by atoms with Crippen LogP contribution >= 0.6 is 0 Å². The van der Waals surface area contributed by atoms with Crippen molar-refractivity contribution in [3.05, 3.63) is 58.9 Å². The van der Waals surface area contributed by atoms with E-state index in [2.05, 4.69) is 9.55 Å². The van der Waals surface area contributed by atoms with E-state index in [1.54, 1.807) is 5.48 Å². The number of para-hydroxylation sites is 1. The number of pyridine rings is 1. The number of benzene rings is 2. The van der Waals surface area contributed by atoms with Gasteiger partial charge in [-0.2, -0.15) is 0 Å². The Hall–Kier alpha value is -3.12. The average Bonchev–Trinajstić information content (AvgIpc) is 2.99. The zero-order valence-corrected chi connectivity index (χ0v) is 14.2. The van der Waals surface area contributed by atoms with Gasteiger partial charge in [-0.05, 0) is 25.0 Å². The van der Waals surface area contributed by atoms with E-state index in [0.29, 0.717) is 11.8 Å². The van der Waals surface area contributed by atoms with E-state index in [1.165, 1.54) is 0 Å². The molecule has 4 rings (SSSR count). The number of nitrogens with zero attached hydrogens (tertiary/aromatic N) is 1. The van der Waals surface area contributed by atoms with Crippen LogP contribution in [0.2, 0.25) is 0 Å². The molecular weight excluding hydrogens is 330 g/mol. The minimum absolute atomic E-state index is 0.0874. The van der Waals surface area contributed by atoms with Gasteiger partial charge in [-0.3, -0.25) is 14.8 Å². The Bertz CT molecular complexity index is 1170. The van der Waals surface area contributed by atoms with Crippen molar-refractivity contribution in [1.82, 2.24) is 15.0 Å². The first kappa shape index (κ1) is 16.4. The van der Waals surface area contributed by atoms with Crippen LogP contribution in [0.4, 0.5) is 0 Å². The molecule has 2 aromatic carbocycles. The minimum atomic E-state index is -0.373. The fourth-order valence-electron chi connectivity index (χ4n) is 3.62. The van der Waals surface area contributed by atoms with Crippen LogP contribution in [-0.4, -0.2) is 20.7 Å². The number of aromatic amines is 1. The lowest BCUT2D eigenvalue weighted by molar-refractivity contribution is -0.129. The number of amides is 1. The monoisotopic (exact) mass is 349 g/mol. The number of fused-ring (bicyclic) bond motifs is 5. The summed E-state index contributed by atoms with van der Waals surface area (Å²) in [5, 5.41) is 11.2. The first-order chi connectivity index (χ1) is 12.7. The molecule has 0 aliphatic heterocycles. The van der Waals surface area contributed by atoms with Crippen molar-refractivity contribution in [3.8, 4) is 0 Å². The second-order valence-corrected chi connectivity index (χ2v) is 6.38. The number of rotatable bonds is 5. The molecule has 2 heterocycles. The highest BCUT2D eigenvalue weighted by atomic mass is 16.5. The topological polar surface area (TPSA) is 87.1 Å². The van der Waals surface area contributed by atoms with Gasteiger partial charge >= 0.3 is 0 Å². The number of unbranched alkanes of at least 4 members (excludes halogenated alkanes) is 1. The maximum Gasteiger partial charge on any atom is 0.256 e. The van der Waals surface area contributed by atoms with Gasteiger partial charge in [-0.1, -0.05) is 36.4 Å². The van der Waals surface area contributed by atoms with E-state index in [4.69, 9.17) is 5.21 Å². The molecular formula is C20H19N3O3. The molecule has 0 aliphatic carbocycles. The highest BCUT2D eigenvalue weighted by Gasteiger charge is 2.15. The second-order valence-electron chi connectivity index (χ2n) is 6.38. The van der Waals surface area contributed by atoms with Crippen molar-refractivity contribution < 1.29 is 10.0 Å². The van der Waals surface area contributed by atoms with Crippen molar-refractivity contribution >= 4 is 38.6 Å². The van der Waals surface area contributed by atoms with Crippen LogP contribution < -0.4 is 11.0 Å². The summed E-state index contributed by atoms with van der Waals surface area (Å²) in [6.07, 6.45) is 1.74. The molecule has 1 amide bonds. The molecule has 132 valence electrons. The quantitative estimate of drug-likeness (QED) is 0.293. The van der Waals surface area contributed by atoms with E-state index >= 15 is 0 Å². The summed E-state index contributed by atoms with van der Waals surface area (Å²) in [6, 6.07) is 15.6. The molecule has 2 aromatic heterocycles. The van der Waals surface area contributed by atoms with Gasteiger partial charge in [0.05, 0.1) is 16.6 Å². The summed E-state index contributed by atoms with van der Waals surface area (Å²) in [7, 11) is 0. The number of hydrogen-bond acceptors (Lipinski definition) is 3. The van der Waals surface area contributed by atoms with Crippen molar-refractivity contribution in [2.45, 2.75) is 25.8 Å². The SMILES string of the molecule is O=C(CCCCn1c2ccccc2c2[nH]c(=O)c3ccccc3c21)NO. The Morgan fingerprint density at radius 3 is 2.46 bits per heavy atom. The molecule has 0 spiro atoms. The standard InChI is InChI=1S/C20H19N3O3/c24-17(22-26)11-5-6-12-23-16-10-4-3-9-15(16)18-19(23)13-7-1-2-8-14(13)20(25)21-18/h1-4,7-10,26H,5-6,11-12H2,(H,21,25)(H,22,24). The van der Waals surface area contributed by atoms with Gasteiger partial charge in [0.2, 0.25) is 5.91 Å².